The van der Waals surface area contributed by atoms with Gasteiger partial charge in [-0.25, -0.2) is 4.90 Å². The highest BCUT2D eigenvalue weighted by molar-refractivity contribution is 9.10. The summed E-state index contributed by atoms with van der Waals surface area (Å²) in [6.45, 7) is 1.83. The molecule has 38 heavy (non-hydrogen) atoms. The average Bonchev–Trinajstić information content (AvgIpc) is 3.54. The van der Waals surface area contributed by atoms with Crippen molar-refractivity contribution in [2.75, 3.05) is 4.90 Å². The van der Waals surface area contributed by atoms with Crippen molar-refractivity contribution in [2.24, 2.45) is 11.8 Å². The van der Waals surface area contributed by atoms with E-state index in [1.807, 2.05) is 55.5 Å². The number of carbonyl (C=O) groups excluding carboxylic acids is 2. The highest BCUT2D eigenvalue weighted by Gasteiger charge is 2.68. The molecule has 3 heterocycles. The molecule has 6 rings (SSSR count). The fourth-order valence-electron chi connectivity index (χ4n) is 5.95. The Labute approximate surface area is 231 Å². The standard InChI is InChI=1S/C29H23BrClN3O4/c1-15-6-11-19(12-21(15)31)34-26(35)23-24(27(34)36)29(28(37)38,33-25(23)16-7-9-18(30)10-8-16)13-17-14-32-22-5-3-2-4-20(17)22/h2-12,14,23-25,32-33H,13H2,1H3,(H,37,38). The number of carbonyl (C=O) groups is 3. The van der Waals surface area contributed by atoms with Gasteiger partial charge in [-0.05, 0) is 53.9 Å². The fraction of sp³-hybridized carbons (Fsp3) is 0.207. The second-order valence-electron chi connectivity index (χ2n) is 9.94. The van der Waals surface area contributed by atoms with Gasteiger partial charge in [0, 0.05) is 39.1 Å². The van der Waals surface area contributed by atoms with Crippen LogP contribution in [0.25, 0.3) is 10.9 Å². The number of aromatic amines is 1. The quantitative estimate of drug-likeness (QED) is 0.269. The number of nitrogens with zero attached hydrogens (tertiary/aromatic N) is 1. The zero-order valence-corrected chi connectivity index (χ0v) is 22.6. The lowest BCUT2D eigenvalue weighted by molar-refractivity contribution is -0.148. The minimum absolute atomic E-state index is 0.0159. The summed E-state index contributed by atoms with van der Waals surface area (Å²) in [6, 6.07) is 19.3. The lowest BCUT2D eigenvalue weighted by Gasteiger charge is -2.31. The third-order valence-corrected chi connectivity index (χ3v) is 8.76. The SMILES string of the molecule is Cc1ccc(N2C(=O)C3C(c4ccc(Br)cc4)NC(Cc4c[nH]c5ccccc45)(C(=O)O)C3C2=O)cc1Cl. The van der Waals surface area contributed by atoms with Gasteiger partial charge in [-0.15, -0.1) is 0 Å². The van der Waals surface area contributed by atoms with Crippen LogP contribution in [0.1, 0.15) is 22.7 Å². The number of hydrogen-bond acceptors (Lipinski definition) is 4. The average molecular weight is 593 g/mol. The number of anilines is 1. The van der Waals surface area contributed by atoms with Crippen LogP contribution in [0.2, 0.25) is 5.02 Å². The predicted molar refractivity (Wildman–Crippen MR) is 148 cm³/mol. The first-order valence-electron chi connectivity index (χ1n) is 12.2. The maximum atomic E-state index is 14.1. The number of carboxylic acid groups (broad SMARTS) is 1. The predicted octanol–water partition coefficient (Wildman–Crippen LogP) is 5.41. The number of para-hydroxylation sites is 1. The van der Waals surface area contributed by atoms with E-state index < -0.39 is 41.2 Å². The van der Waals surface area contributed by atoms with Crippen molar-refractivity contribution in [1.29, 1.82) is 0 Å². The minimum Gasteiger partial charge on any atom is -0.480 e. The molecule has 0 bridgehead atoms. The van der Waals surface area contributed by atoms with Crippen LogP contribution in [-0.4, -0.2) is 33.4 Å². The van der Waals surface area contributed by atoms with Crippen LogP contribution in [0.4, 0.5) is 5.69 Å². The Balaban J connectivity index is 1.51. The molecule has 3 N–H and O–H groups in total. The van der Waals surface area contributed by atoms with Crippen LogP contribution in [0, 0.1) is 18.8 Å². The van der Waals surface area contributed by atoms with E-state index in [-0.39, 0.29) is 6.42 Å². The van der Waals surface area contributed by atoms with Gasteiger partial charge in [0.1, 0.15) is 5.54 Å². The second kappa shape index (κ2) is 9.08. The van der Waals surface area contributed by atoms with Gasteiger partial charge in [0.15, 0.2) is 0 Å². The molecule has 3 aromatic carbocycles. The molecule has 0 radical (unpaired) electrons. The third kappa shape index (κ3) is 3.70. The number of aliphatic carboxylic acids is 1. The number of H-pyrrole nitrogens is 1. The summed E-state index contributed by atoms with van der Waals surface area (Å²) in [5.41, 5.74) is 1.78. The van der Waals surface area contributed by atoms with E-state index in [0.717, 1.165) is 37.0 Å². The molecular formula is C29H23BrClN3O4. The van der Waals surface area contributed by atoms with E-state index in [4.69, 9.17) is 11.6 Å². The van der Waals surface area contributed by atoms with Crippen molar-refractivity contribution in [1.82, 2.24) is 10.3 Å². The molecule has 2 fully saturated rings. The van der Waals surface area contributed by atoms with Crippen LogP contribution >= 0.6 is 27.5 Å². The molecule has 7 nitrogen and oxygen atoms in total. The Hall–Kier alpha value is -3.46. The molecular weight excluding hydrogens is 570 g/mol. The summed E-state index contributed by atoms with van der Waals surface area (Å²) in [4.78, 5) is 45.5. The van der Waals surface area contributed by atoms with Crippen molar-refractivity contribution >= 4 is 61.9 Å². The zero-order valence-electron chi connectivity index (χ0n) is 20.2. The summed E-state index contributed by atoms with van der Waals surface area (Å²) < 4.78 is 0.851. The summed E-state index contributed by atoms with van der Waals surface area (Å²) >= 11 is 9.77. The first-order valence-corrected chi connectivity index (χ1v) is 13.3. The maximum Gasteiger partial charge on any atom is 0.325 e. The molecule has 4 atom stereocenters. The molecule has 0 saturated carbocycles. The summed E-state index contributed by atoms with van der Waals surface area (Å²) in [7, 11) is 0. The number of benzene rings is 3. The second-order valence-corrected chi connectivity index (χ2v) is 11.3. The largest absolute Gasteiger partial charge is 0.480 e. The molecule has 1 aromatic heterocycles. The first kappa shape index (κ1) is 24.9. The highest BCUT2D eigenvalue weighted by atomic mass is 79.9. The summed E-state index contributed by atoms with van der Waals surface area (Å²) in [6.07, 6.45) is 1.79. The smallest absolute Gasteiger partial charge is 0.325 e. The van der Waals surface area contributed by atoms with E-state index >= 15 is 0 Å². The molecule has 2 saturated heterocycles. The number of imide groups is 1. The Morgan fingerprint density at radius 2 is 1.82 bits per heavy atom. The van der Waals surface area contributed by atoms with Gasteiger partial charge in [-0.3, -0.25) is 19.7 Å². The molecule has 4 unspecified atom stereocenters. The number of amides is 2. The maximum absolute atomic E-state index is 14.1. The molecule has 4 aromatic rings. The van der Waals surface area contributed by atoms with Gasteiger partial charge in [0.25, 0.3) is 0 Å². The van der Waals surface area contributed by atoms with E-state index in [1.54, 1.807) is 24.4 Å². The molecule has 0 aliphatic carbocycles. The number of fused-ring (bicyclic) bond motifs is 2. The number of aromatic nitrogens is 1. The molecule has 2 aliphatic rings. The van der Waals surface area contributed by atoms with Crippen LogP contribution in [-0.2, 0) is 20.8 Å². The van der Waals surface area contributed by atoms with Crippen molar-refractivity contribution in [3.63, 3.8) is 0 Å². The Morgan fingerprint density at radius 3 is 2.53 bits per heavy atom. The molecule has 2 amide bonds. The number of carboxylic acids is 1. The van der Waals surface area contributed by atoms with Crippen molar-refractivity contribution in [2.45, 2.75) is 24.9 Å². The first-order chi connectivity index (χ1) is 18.2. The van der Waals surface area contributed by atoms with E-state index in [9.17, 15) is 19.5 Å². The lowest BCUT2D eigenvalue weighted by atomic mass is 9.76. The molecule has 0 spiro atoms. The monoisotopic (exact) mass is 591 g/mol. The zero-order chi connectivity index (χ0) is 26.8. The normalized spacial score (nSPS) is 24.8. The van der Waals surface area contributed by atoms with Crippen molar-refractivity contribution in [3.05, 3.63) is 99.1 Å². The fourth-order valence-corrected chi connectivity index (χ4v) is 6.39. The Morgan fingerprint density at radius 1 is 1.08 bits per heavy atom. The molecule has 192 valence electrons. The van der Waals surface area contributed by atoms with Gasteiger partial charge in [0.05, 0.1) is 17.5 Å². The van der Waals surface area contributed by atoms with Gasteiger partial charge < -0.3 is 10.1 Å². The highest BCUT2D eigenvalue weighted by Crippen LogP contribution is 2.51. The van der Waals surface area contributed by atoms with E-state index in [2.05, 4.69) is 26.2 Å². The van der Waals surface area contributed by atoms with E-state index in [1.165, 1.54) is 0 Å². The molecule has 2 aliphatic heterocycles. The topological polar surface area (TPSA) is 102 Å². The number of nitrogens with one attached hydrogen (secondary N) is 2. The van der Waals surface area contributed by atoms with Gasteiger partial charge in [0.2, 0.25) is 11.8 Å². The lowest BCUT2D eigenvalue weighted by Crippen LogP contribution is -2.57. The number of halogens is 2. The Kier molecular flexibility index (Phi) is 5.94. The minimum atomic E-state index is -1.72. The number of hydrogen-bond donors (Lipinski definition) is 3. The number of aryl methyl sites for hydroxylation is 1. The van der Waals surface area contributed by atoms with Crippen LogP contribution in [0.5, 0.6) is 0 Å². The van der Waals surface area contributed by atoms with Crippen LogP contribution < -0.4 is 10.2 Å². The van der Waals surface area contributed by atoms with Gasteiger partial charge in [-0.2, -0.15) is 0 Å². The van der Waals surface area contributed by atoms with Gasteiger partial charge >= 0.3 is 5.97 Å². The Bertz CT molecular complexity index is 1620. The summed E-state index contributed by atoms with van der Waals surface area (Å²) in [5.74, 6) is -4.21. The van der Waals surface area contributed by atoms with Crippen molar-refractivity contribution < 1.29 is 19.5 Å². The van der Waals surface area contributed by atoms with Crippen LogP contribution in [0.3, 0.4) is 0 Å². The van der Waals surface area contributed by atoms with Gasteiger partial charge in [-0.1, -0.05) is 63.9 Å². The van der Waals surface area contributed by atoms with Crippen molar-refractivity contribution in [3.8, 4) is 0 Å². The number of rotatable bonds is 5. The van der Waals surface area contributed by atoms with Crippen LogP contribution in [0.15, 0.2) is 77.4 Å². The summed E-state index contributed by atoms with van der Waals surface area (Å²) in [5, 5.41) is 15.3. The molecule has 9 heteroatoms. The van der Waals surface area contributed by atoms with E-state index in [0.29, 0.717) is 10.7 Å². The third-order valence-electron chi connectivity index (χ3n) is 7.82.